The van der Waals surface area contributed by atoms with Crippen LogP contribution in [0.5, 0.6) is 17.6 Å². The Labute approximate surface area is 212 Å². The van der Waals surface area contributed by atoms with Crippen molar-refractivity contribution in [2.75, 3.05) is 26.2 Å². The van der Waals surface area contributed by atoms with Crippen molar-refractivity contribution in [1.82, 2.24) is 9.88 Å². The van der Waals surface area contributed by atoms with E-state index in [0.29, 0.717) is 18.1 Å². The maximum Gasteiger partial charge on any atom is 0.399 e. The zero-order chi connectivity index (χ0) is 24.8. The van der Waals surface area contributed by atoms with Crippen molar-refractivity contribution in [2.24, 2.45) is 5.41 Å². The summed E-state index contributed by atoms with van der Waals surface area (Å²) in [5, 5.41) is 0. The minimum Gasteiger partial charge on any atom is -0.492 e. The topological polar surface area (TPSA) is 64.8 Å². The highest BCUT2D eigenvalue weighted by Gasteiger charge is 2.38. The lowest BCUT2D eigenvalue weighted by molar-refractivity contribution is -0.129. The van der Waals surface area contributed by atoms with Gasteiger partial charge in [0.2, 0.25) is 0 Å². The molecule has 0 saturated carbocycles. The van der Waals surface area contributed by atoms with Gasteiger partial charge in [0.15, 0.2) is 5.76 Å². The van der Waals surface area contributed by atoms with Crippen molar-refractivity contribution < 1.29 is 18.7 Å². The van der Waals surface area contributed by atoms with Crippen LogP contribution in [0.2, 0.25) is 0 Å². The zero-order valence-corrected chi connectivity index (χ0v) is 20.7. The number of Topliss-reactive ketones (excluding diaryl/α,β-unsaturated/α-hetero) is 1. The van der Waals surface area contributed by atoms with Crippen molar-refractivity contribution in [3.63, 3.8) is 0 Å². The Morgan fingerprint density at radius 2 is 1.78 bits per heavy atom. The fourth-order valence-corrected chi connectivity index (χ4v) is 4.90. The summed E-state index contributed by atoms with van der Waals surface area (Å²) in [4.78, 5) is 19.4. The van der Waals surface area contributed by atoms with Gasteiger partial charge in [0.05, 0.1) is 5.69 Å². The second-order valence-electron chi connectivity index (χ2n) is 9.54. The van der Waals surface area contributed by atoms with Gasteiger partial charge < -0.3 is 13.9 Å². The van der Waals surface area contributed by atoms with Crippen LogP contribution in [0.4, 0.5) is 0 Å². The number of benzene rings is 2. The molecule has 6 nitrogen and oxygen atoms in total. The van der Waals surface area contributed by atoms with E-state index in [1.807, 2.05) is 66.8 Å². The van der Waals surface area contributed by atoms with Crippen LogP contribution in [0.25, 0.3) is 6.08 Å². The molecule has 36 heavy (non-hydrogen) atoms. The molecule has 1 saturated heterocycles. The van der Waals surface area contributed by atoms with E-state index in [1.165, 1.54) is 5.56 Å². The van der Waals surface area contributed by atoms with Gasteiger partial charge in [-0.15, -0.1) is 0 Å². The summed E-state index contributed by atoms with van der Waals surface area (Å²) in [6.45, 7) is 5.00. The van der Waals surface area contributed by atoms with Gasteiger partial charge in [0.1, 0.15) is 23.9 Å². The highest BCUT2D eigenvalue weighted by Crippen LogP contribution is 2.36. The summed E-state index contributed by atoms with van der Waals surface area (Å²) in [6.07, 6.45) is 11.4. The smallest absolute Gasteiger partial charge is 0.399 e. The van der Waals surface area contributed by atoms with E-state index in [2.05, 4.69) is 22.0 Å². The fourth-order valence-electron chi connectivity index (χ4n) is 4.90. The van der Waals surface area contributed by atoms with E-state index in [1.54, 1.807) is 6.92 Å². The molecule has 0 atom stereocenters. The van der Waals surface area contributed by atoms with Crippen molar-refractivity contribution in [3.05, 3.63) is 89.8 Å². The first-order valence-electron chi connectivity index (χ1n) is 12.6. The van der Waals surface area contributed by atoms with Crippen molar-refractivity contribution >= 4 is 11.9 Å². The van der Waals surface area contributed by atoms with Gasteiger partial charge in [-0.05, 0) is 75.2 Å². The molecule has 1 aliphatic heterocycles. The molecule has 0 amide bonds. The number of nitrogens with zero attached hydrogens (tertiary/aromatic N) is 2. The molecule has 2 heterocycles. The van der Waals surface area contributed by atoms with Crippen molar-refractivity contribution in [2.45, 2.75) is 32.6 Å². The maximum absolute atomic E-state index is 12.6. The number of allylic oxidation sites excluding steroid dienone is 3. The third kappa shape index (κ3) is 5.77. The molecular weight excluding hydrogens is 452 g/mol. The Kier molecular flexibility index (Phi) is 7.33. The second-order valence-corrected chi connectivity index (χ2v) is 9.54. The summed E-state index contributed by atoms with van der Waals surface area (Å²) in [7, 11) is 0. The van der Waals surface area contributed by atoms with E-state index in [4.69, 9.17) is 13.9 Å². The molecule has 2 aliphatic rings. The Morgan fingerprint density at radius 1 is 1.03 bits per heavy atom. The number of fused-ring (bicyclic) bond motifs is 1. The summed E-state index contributed by atoms with van der Waals surface area (Å²) in [5.74, 6) is 2.47. The van der Waals surface area contributed by atoms with Crippen LogP contribution in [0.1, 0.15) is 36.8 Å². The van der Waals surface area contributed by atoms with Gasteiger partial charge in [-0.1, -0.05) is 48.6 Å². The monoisotopic (exact) mass is 484 g/mol. The summed E-state index contributed by atoms with van der Waals surface area (Å²) < 4.78 is 17.4. The molecular formula is C30H32N2O4. The quantitative estimate of drug-likeness (QED) is 0.378. The number of oxazole rings is 1. The third-order valence-corrected chi connectivity index (χ3v) is 7.16. The lowest BCUT2D eigenvalue weighted by Crippen LogP contribution is -2.45. The largest absolute Gasteiger partial charge is 0.492 e. The molecule has 0 N–H and O–H groups in total. The SMILES string of the molecule is CC(=O)C1(Cc2ccccc2)CCN(CCOc2ccc(Oc3nc4c(o3)C=CC=CC4)cc2)CC1. The summed E-state index contributed by atoms with van der Waals surface area (Å²) >= 11 is 0. The van der Waals surface area contributed by atoms with Gasteiger partial charge >= 0.3 is 6.08 Å². The van der Waals surface area contributed by atoms with Gasteiger partial charge in [0.25, 0.3) is 0 Å². The minimum atomic E-state index is -0.247. The maximum atomic E-state index is 12.6. The number of aromatic nitrogens is 1. The van der Waals surface area contributed by atoms with Crippen LogP contribution in [-0.4, -0.2) is 41.9 Å². The predicted molar refractivity (Wildman–Crippen MR) is 139 cm³/mol. The number of ketones is 1. The van der Waals surface area contributed by atoms with E-state index >= 15 is 0 Å². The van der Waals surface area contributed by atoms with Crippen LogP contribution in [0.15, 0.2) is 77.2 Å². The average molecular weight is 485 g/mol. The van der Waals surface area contributed by atoms with Crippen LogP contribution in [0.3, 0.4) is 0 Å². The number of carbonyl (C=O) groups excluding carboxylic acids is 1. The lowest BCUT2D eigenvalue weighted by atomic mass is 9.71. The molecule has 1 aromatic heterocycles. The first-order valence-corrected chi connectivity index (χ1v) is 12.6. The molecule has 6 heteroatoms. The van der Waals surface area contributed by atoms with Crippen molar-refractivity contribution in [3.8, 4) is 17.6 Å². The number of hydrogen-bond acceptors (Lipinski definition) is 6. The first kappa shape index (κ1) is 24.1. The molecule has 2 aromatic carbocycles. The molecule has 3 aromatic rings. The van der Waals surface area contributed by atoms with Crippen LogP contribution in [0, 0.1) is 5.41 Å². The van der Waals surface area contributed by atoms with Gasteiger partial charge in [-0.2, -0.15) is 4.98 Å². The van der Waals surface area contributed by atoms with E-state index in [-0.39, 0.29) is 11.5 Å². The number of hydrogen-bond donors (Lipinski definition) is 0. The van der Waals surface area contributed by atoms with Gasteiger partial charge in [-0.3, -0.25) is 9.69 Å². The molecule has 0 unspecified atom stereocenters. The number of likely N-dealkylation sites (tertiary alicyclic amines) is 1. The number of rotatable bonds is 9. The highest BCUT2D eigenvalue weighted by molar-refractivity contribution is 5.82. The number of carbonyl (C=O) groups is 1. The predicted octanol–water partition coefficient (Wildman–Crippen LogP) is 5.89. The molecule has 1 fully saturated rings. The fraction of sp³-hybridized carbons (Fsp3) is 0.333. The standard InChI is InChI=1S/C30H32N2O4/c1-23(33)30(22-24-8-4-2-5-9-24)16-18-32(19-17-30)20-21-34-25-12-14-26(15-13-25)35-29-31-27-10-6-3-7-11-28(27)36-29/h2-9,11-15H,10,16-22H2,1H3. The van der Waals surface area contributed by atoms with Gasteiger partial charge in [0, 0.05) is 18.4 Å². The molecule has 186 valence electrons. The Morgan fingerprint density at radius 3 is 2.53 bits per heavy atom. The number of piperidine rings is 1. The molecule has 0 radical (unpaired) electrons. The van der Waals surface area contributed by atoms with E-state index < -0.39 is 0 Å². The van der Waals surface area contributed by atoms with Crippen LogP contribution >= 0.6 is 0 Å². The molecule has 5 rings (SSSR count). The molecule has 1 aliphatic carbocycles. The summed E-state index contributed by atoms with van der Waals surface area (Å²) in [6, 6.07) is 17.8. The summed E-state index contributed by atoms with van der Waals surface area (Å²) in [5.41, 5.74) is 1.86. The Hall–Kier alpha value is -3.64. The number of ether oxygens (including phenoxy) is 2. The third-order valence-electron chi connectivity index (χ3n) is 7.16. The van der Waals surface area contributed by atoms with Crippen LogP contribution in [-0.2, 0) is 17.6 Å². The minimum absolute atomic E-state index is 0.243. The Balaban J connectivity index is 1.08. The van der Waals surface area contributed by atoms with Crippen molar-refractivity contribution in [1.29, 1.82) is 0 Å². The second kappa shape index (κ2) is 11.0. The lowest BCUT2D eigenvalue weighted by Gasteiger charge is -2.40. The average Bonchev–Trinajstić information content (AvgIpc) is 3.14. The molecule has 0 bridgehead atoms. The van der Waals surface area contributed by atoms with Crippen LogP contribution < -0.4 is 9.47 Å². The zero-order valence-electron chi connectivity index (χ0n) is 20.7. The highest BCUT2D eigenvalue weighted by atomic mass is 16.6. The molecule has 0 spiro atoms. The Bertz CT molecular complexity index is 1220. The van der Waals surface area contributed by atoms with E-state index in [9.17, 15) is 4.79 Å². The first-order chi connectivity index (χ1) is 17.6. The van der Waals surface area contributed by atoms with E-state index in [0.717, 1.165) is 62.5 Å². The normalized spacial score (nSPS) is 16.8. The van der Waals surface area contributed by atoms with Gasteiger partial charge in [-0.25, -0.2) is 0 Å².